The number of halogens is 1. The average Bonchev–Trinajstić information content (AvgIpc) is 2.81. The number of aromatic nitrogens is 1. The maximum absolute atomic E-state index is 11.4. The number of hydrogen-bond donors (Lipinski definition) is 1. The minimum atomic E-state index is -0.246. The van der Waals surface area contributed by atoms with Gasteiger partial charge in [0.05, 0.1) is 18.7 Å². The van der Waals surface area contributed by atoms with Gasteiger partial charge in [0.2, 0.25) is 0 Å². The van der Waals surface area contributed by atoms with E-state index in [1.54, 1.807) is 6.92 Å². The molecule has 6 heteroatoms. The minimum Gasteiger partial charge on any atom is -0.466 e. The SMILES string of the molecule is CCOC(=O)Cc1csc(Nc2ccc(Br)c(C)c2)n1. The molecule has 0 aliphatic rings. The number of carbonyl (C=O) groups excluding carboxylic acids is 1. The third-order valence-electron chi connectivity index (χ3n) is 2.59. The third kappa shape index (κ3) is 4.05. The second-order valence-electron chi connectivity index (χ2n) is 4.21. The van der Waals surface area contributed by atoms with Crippen LogP contribution in [0.3, 0.4) is 0 Å². The summed E-state index contributed by atoms with van der Waals surface area (Å²) in [5, 5.41) is 5.87. The fourth-order valence-electron chi connectivity index (χ4n) is 1.65. The molecule has 4 nitrogen and oxygen atoms in total. The minimum absolute atomic E-state index is 0.214. The molecule has 0 unspecified atom stereocenters. The molecule has 0 radical (unpaired) electrons. The maximum Gasteiger partial charge on any atom is 0.311 e. The van der Waals surface area contributed by atoms with Crippen LogP contribution in [0.1, 0.15) is 18.2 Å². The van der Waals surface area contributed by atoms with Crippen molar-refractivity contribution in [3.63, 3.8) is 0 Å². The van der Waals surface area contributed by atoms with Gasteiger partial charge >= 0.3 is 5.97 Å². The zero-order valence-corrected chi connectivity index (χ0v) is 13.7. The van der Waals surface area contributed by atoms with Gasteiger partial charge in [-0.25, -0.2) is 4.98 Å². The fraction of sp³-hybridized carbons (Fsp3) is 0.286. The van der Waals surface area contributed by atoms with Crippen molar-refractivity contribution in [2.75, 3.05) is 11.9 Å². The second kappa shape index (κ2) is 6.85. The van der Waals surface area contributed by atoms with E-state index in [4.69, 9.17) is 4.74 Å². The molecule has 0 amide bonds. The Morgan fingerprint density at radius 3 is 3.00 bits per heavy atom. The molecule has 1 aromatic carbocycles. The van der Waals surface area contributed by atoms with E-state index in [1.807, 2.05) is 30.5 Å². The van der Waals surface area contributed by atoms with Crippen LogP contribution in [0.15, 0.2) is 28.1 Å². The van der Waals surface area contributed by atoms with Crippen molar-refractivity contribution in [3.8, 4) is 0 Å². The molecule has 1 aromatic heterocycles. The monoisotopic (exact) mass is 354 g/mol. The quantitative estimate of drug-likeness (QED) is 0.822. The number of rotatable bonds is 5. The number of nitrogens with one attached hydrogen (secondary N) is 1. The van der Waals surface area contributed by atoms with E-state index in [0.29, 0.717) is 6.61 Å². The molecule has 2 rings (SSSR count). The number of anilines is 2. The molecule has 2 aromatic rings. The summed E-state index contributed by atoms with van der Waals surface area (Å²) in [4.78, 5) is 15.8. The van der Waals surface area contributed by atoms with Crippen LogP contribution >= 0.6 is 27.3 Å². The number of benzene rings is 1. The molecule has 0 bridgehead atoms. The summed E-state index contributed by atoms with van der Waals surface area (Å²) in [5.41, 5.74) is 2.85. The van der Waals surface area contributed by atoms with E-state index < -0.39 is 0 Å². The number of esters is 1. The first-order valence-electron chi connectivity index (χ1n) is 6.21. The molecule has 0 aliphatic carbocycles. The Labute approximate surface area is 130 Å². The van der Waals surface area contributed by atoms with E-state index in [9.17, 15) is 4.79 Å². The first kappa shape index (κ1) is 15.0. The summed E-state index contributed by atoms with van der Waals surface area (Å²) in [6.45, 7) is 4.22. The molecule has 106 valence electrons. The molecule has 1 heterocycles. The molecule has 0 aliphatic heterocycles. The van der Waals surface area contributed by atoms with Crippen molar-refractivity contribution in [1.82, 2.24) is 4.98 Å². The van der Waals surface area contributed by atoms with E-state index in [2.05, 4.69) is 26.2 Å². The van der Waals surface area contributed by atoms with Crippen molar-refractivity contribution in [3.05, 3.63) is 39.3 Å². The van der Waals surface area contributed by atoms with Gasteiger partial charge in [-0.15, -0.1) is 11.3 Å². The van der Waals surface area contributed by atoms with Gasteiger partial charge in [0.25, 0.3) is 0 Å². The first-order valence-corrected chi connectivity index (χ1v) is 7.89. The second-order valence-corrected chi connectivity index (χ2v) is 5.93. The zero-order valence-electron chi connectivity index (χ0n) is 11.3. The molecular weight excluding hydrogens is 340 g/mol. The summed E-state index contributed by atoms with van der Waals surface area (Å²) in [7, 11) is 0. The van der Waals surface area contributed by atoms with Crippen molar-refractivity contribution in [2.24, 2.45) is 0 Å². The highest BCUT2D eigenvalue weighted by Gasteiger charge is 2.08. The van der Waals surface area contributed by atoms with Gasteiger partial charge in [-0.2, -0.15) is 0 Å². The highest BCUT2D eigenvalue weighted by atomic mass is 79.9. The van der Waals surface area contributed by atoms with Crippen LogP contribution in [-0.2, 0) is 16.0 Å². The summed E-state index contributed by atoms with van der Waals surface area (Å²) in [6.07, 6.45) is 0.214. The average molecular weight is 355 g/mol. The van der Waals surface area contributed by atoms with Crippen LogP contribution in [0.4, 0.5) is 10.8 Å². The smallest absolute Gasteiger partial charge is 0.311 e. The molecule has 0 spiro atoms. The largest absolute Gasteiger partial charge is 0.466 e. The Hall–Kier alpha value is -1.40. The number of hydrogen-bond acceptors (Lipinski definition) is 5. The molecule has 0 saturated carbocycles. The predicted octanol–water partition coefficient (Wildman–Crippen LogP) is 4.06. The lowest BCUT2D eigenvalue weighted by molar-refractivity contribution is -0.142. The summed E-state index contributed by atoms with van der Waals surface area (Å²) in [6, 6.07) is 6.00. The topological polar surface area (TPSA) is 51.2 Å². The number of ether oxygens (including phenoxy) is 1. The number of nitrogens with zero attached hydrogens (tertiary/aromatic N) is 1. The Morgan fingerprint density at radius 2 is 2.30 bits per heavy atom. The fourth-order valence-corrected chi connectivity index (χ4v) is 2.63. The predicted molar refractivity (Wildman–Crippen MR) is 84.6 cm³/mol. The molecule has 0 saturated heterocycles. The molecule has 0 fully saturated rings. The summed E-state index contributed by atoms with van der Waals surface area (Å²) >= 11 is 4.94. The van der Waals surface area contributed by atoms with Gasteiger partial charge in [0.1, 0.15) is 0 Å². The van der Waals surface area contributed by atoms with Crippen LogP contribution in [0.5, 0.6) is 0 Å². The number of thiazole rings is 1. The summed E-state index contributed by atoms with van der Waals surface area (Å²) in [5.74, 6) is -0.246. The lowest BCUT2D eigenvalue weighted by Crippen LogP contribution is -2.07. The normalized spacial score (nSPS) is 10.3. The van der Waals surface area contributed by atoms with Gasteiger partial charge < -0.3 is 10.1 Å². The van der Waals surface area contributed by atoms with Crippen LogP contribution in [0.25, 0.3) is 0 Å². The highest BCUT2D eigenvalue weighted by molar-refractivity contribution is 9.10. The maximum atomic E-state index is 11.4. The standard InChI is InChI=1S/C14H15BrN2O2S/c1-3-19-13(18)7-11-8-20-14(17-11)16-10-4-5-12(15)9(2)6-10/h4-6,8H,3,7H2,1-2H3,(H,16,17). The van der Waals surface area contributed by atoms with Gasteiger partial charge in [0.15, 0.2) is 5.13 Å². The lowest BCUT2D eigenvalue weighted by Gasteiger charge is -2.05. The Bertz CT molecular complexity index is 613. The van der Waals surface area contributed by atoms with E-state index in [1.165, 1.54) is 11.3 Å². The van der Waals surface area contributed by atoms with Crippen LogP contribution < -0.4 is 5.32 Å². The van der Waals surface area contributed by atoms with Gasteiger partial charge in [0, 0.05) is 15.5 Å². The van der Waals surface area contributed by atoms with Crippen molar-refractivity contribution in [2.45, 2.75) is 20.3 Å². The van der Waals surface area contributed by atoms with E-state index in [0.717, 1.165) is 26.5 Å². The zero-order chi connectivity index (χ0) is 14.5. The Kier molecular flexibility index (Phi) is 5.14. The van der Waals surface area contributed by atoms with E-state index >= 15 is 0 Å². The van der Waals surface area contributed by atoms with Gasteiger partial charge in [-0.3, -0.25) is 4.79 Å². The van der Waals surface area contributed by atoms with Gasteiger partial charge in [-0.1, -0.05) is 15.9 Å². The van der Waals surface area contributed by atoms with Gasteiger partial charge in [-0.05, 0) is 37.6 Å². The van der Waals surface area contributed by atoms with E-state index in [-0.39, 0.29) is 12.4 Å². The van der Waals surface area contributed by atoms with Crippen LogP contribution in [-0.4, -0.2) is 17.6 Å². The number of carbonyl (C=O) groups is 1. The molecule has 20 heavy (non-hydrogen) atoms. The van der Waals surface area contributed by atoms with Crippen molar-refractivity contribution >= 4 is 44.1 Å². The van der Waals surface area contributed by atoms with Crippen LogP contribution in [0.2, 0.25) is 0 Å². The first-order chi connectivity index (χ1) is 9.58. The molecule has 0 atom stereocenters. The molecular formula is C14H15BrN2O2S. The number of aryl methyl sites for hydroxylation is 1. The van der Waals surface area contributed by atoms with Crippen molar-refractivity contribution < 1.29 is 9.53 Å². The Balaban J connectivity index is 2.02. The third-order valence-corrected chi connectivity index (χ3v) is 4.29. The lowest BCUT2D eigenvalue weighted by atomic mass is 10.2. The summed E-state index contributed by atoms with van der Waals surface area (Å²) < 4.78 is 5.98. The Morgan fingerprint density at radius 1 is 1.50 bits per heavy atom. The van der Waals surface area contributed by atoms with Crippen molar-refractivity contribution in [1.29, 1.82) is 0 Å². The highest BCUT2D eigenvalue weighted by Crippen LogP contribution is 2.25. The molecule has 1 N–H and O–H groups in total. The van der Waals surface area contributed by atoms with Crippen LogP contribution in [0, 0.1) is 6.92 Å².